The second-order valence-corrected chi connectivity index (χ2v) is 10.4. The summed E-state index contributed by atoms with van der Waals surface area (Å²) in [6, 6.07) is 3.39. The van der Waals surface area contributed by atoms with E-state index < -0.39 is 9.84 Å². The Morgan fingerprint density at radius 2 is 2.00 bits per heavy atom. The van der Waals surface area contributed by atoms with Crippen molar-refractivity contribution in [3.8, 4) is 11.5 Å². The van der Waals surface area contributed by atoms with E-state index >= 15 is 0 Å². The topological polar surface area (TPSA) is 85.3 Å². The predicted molar refractivity (Wildman–Crippen MR) is 111 cm³/mol. The lowest BCUT2D eigenvalue weighted by Gasteiger charge is -2.26. The second-order valence-electron chi connectivity index (χ2n) is 6.20. The highest BCUT2D eigenvalue weighted by molar-refractivity contribution is 9.10. The lowest BCUT2D eigenvalue weighted by Crippen LogP contribution is -2.37. The molecular formula is C17H21BrN2O5S2. The molecule has 27 heavy (non-hydrogen) atoms. The molecular weight excluding hydrogens is 456 g/mol. The van der Waals surface area contributed by atoms with Gasteiger partial charge in [-0.1, -0.05) is 11.8 Å². The molecule has 0 N–H and O–H groups in total. The third kappa shape index (κ3) is 4.27. The first-order valence-corrected chi connectivity index (χ1v) is 12.1. The maximum atomic E-state index is 12.1. The molecule has 7 nitrogen and oxygen atoms in total. The SMILES string of the molecule is CCOc1cc(N2C(=NC(C)=O)S[C@@H]3CS(=O)(=O)C[C@H]32)cc(Br)c1OCC. The van der Waals surface area contributed by atoms with E-state index in [9.17, 15) is 13.2 Å². The van der Waals surface area contributed by atoms with Crippen molar-refractivity contribution in [1.29, 1.82) is 0 Å². The number of ether oxygens (including phenoxy) is 2. The van der Waals surface area contributed by atoms with Crippen LogP contribution >= 0.6 is 27.7 Å². The van der Waals surface area contributed by atoms with Crippen molar-refractivity contribution >= 4 is 54.3 Å². The van der Waals surface area contributed by atoms with E-state index in [4.69, 9.17) is 9.47 Å². The van der Waals surface area contributed by atoms with Crippen LogP contribution in [0.1, 0.15) is 20.8 Å². The fraction of sp³-hybridized carbons (Fsp3) is 0.529. The second kappa shape index (κ2) is 8.00. The zero-order chi connectivity index (χ0) is 19.8. The van der Waals surface area contributed by atoms with Crippen molar-refractivity contribution in [2.24, 2.45) is 4.99 Å². The average molecular weight is 477 g/mol. The van der Waals surface area contributed by atoms with Gasteiger partial charge >= 0.3 is 0 Å². The average Bonchev–Trinajstić information content (AvgIpc) is 3.00. The van der Waals surface area contributed by atoms with Crippen molar-refractivity contribution in [2.75, 3.05) is 29.6 Å². The Bertz CT molecular complexity index is 888. The number of amides is 1. The zero-order valence-electron chi connectivity index (χ0n) is 15.3. The molecule has 2 atom stereocenters. The number of hydrogen-bond acceptors (Lipinski definition) is 6. The minimum Gasteiger partial charge on any atom is -0.490 e. The Morgan fingerprint density at radius 3 is 2.63 bits per heavy atom. The van der Waals surface area contributed by atoms with Gasteiger partial charge in [0.2, 0.25) is 5.91 Å². The quantitative estimate of drug-likeness (QED) is 0.645. The zero-order valence-corrected chi connectivity index (χ0v) is 18.5. The van der Waals surface area contributed by atoms with Crippen LogP contribution in [0.3, 0.4) is 0 Å². The summed E-state index contributed by atoms with van der Waals surface area (Å²) in [5, 5.41) is 0.375. The van der Waals surface area contributed by atoms with Crippen molar-refractivity contribution in [3.05, 3.63) is 16.6 Å². The lowest BCUT2D eigenvalue weighted by atomic mass is 10.2. The van der Waals surface area contributed by atoms with Crippen molar-refractivity contribution in [3.63, 3.8) is 0 Å². The van der Waals surface area contributed by atoms with E-state index in [2.05, 4.69) is 20.9 Å². The number of halogens is 1. The van der Waals surface area contributed by atoms with Gasteiger partial charge in [-0.3, -0.25) is 4.79 Å². The molecule has 0 aliphatic carbocycles. The van der Waals surface area contributed by atoms with Crippen LogP contribution in [0.15, 0.2) is 21.6 Å². The van der Waals surface area contributed by atoms with Gasteiger partial charge in [-0.15, -0.1) is 0 Å². The van der Waals surface area contributed by atoms with Crippen LogP contribution in [0.4, 0.5) is 5.69 Å². The van der Waals surface area contributed by atoms with E-state index in [1.165, 1.54) is 18.7 Å². The van der Waals surface area contributed by atoms with Crippen LogP contribution in [-0.4, -0.2) is 55.5 Å². The Balaban J connectivity index is 2.09. The molecule has 1 aromatic carbocycles. The fourth-order valence-corrected chi connectivity index (χ4v) is 7.74. The molecule has 0 radical (unpaired) electrons. The monoisotopic (exact) mass is 476 g/mol. The van der Waals surface area contributed by atoms with Crippen LogP contribution < -0.4 is 14.4 Å². The van der Waals surface area contributed by atoms with Crippen LogP contribution in [0, 0.1) is 0 Å². The van der Waals surface area contributed by atoms with E-state index in [1.807, 2.05) is 30.9 Å². The molecule has 1 amide bonds. The Hall–Kier alpha value is -1.26. The van der Waals surface area contributed by atoms with Crippen LogP contribution in [0.5, 0.6) is 11.5 Å². The normalized spacial score (nSPS) is 24.9. The smallest absolute Gasteiger partial charge is 0.244 e. The highest BCUT2D eigenvalue weighted by Gasteiger charge is 2.49. The first-order chi connectivity index (χ1) is 12.8. The Morgan fingerprint density at radius 1 is 1.30 bits per heavy atom. The van der Waals surface area contributed by atoms with Crippen LogP contribution in [-0.2, 0) is 14.6 Å². The molecule has 0 unspecified atom stereocenters. The van der Waals surface area contributed by atoms with Gasteiger partial charge in [0.15, 0.2) is 26.5 Å². The van der Waals surface area contributed by atoms with E-state index in [-0.39, 0.29) is 28.7 Å². The molecule has 3 rings (SSSR count). The number of nitrogens with zero attached hydrogens (tertiary/aromatic N) is 2. The minimum atomic E-state index is -3.12. The molecule has 10 heteroatoms. The summed E-state index contributed by atoms with van der Waals surface area (Å²) in [4.78, 5) is 17.6. The van der Waals surface area contributed by atoms with Crippen molar-refractivity contribution < 1.29 is 22.7 Å². The highest BCUT2D eigenvalue weighted by atomic mass is 79.9. The summed E-state index contributed by atoms with van der Waals surface area (Å²) in [6.45, 7) is 6.09. The van der Waals surface area contributed by atoms with Crippen molar-refractivity contribution in [2.45, 2.75) is 32.1 Å². The number of thioether (sulfide) groups is 1. The summed E-state index contributed by atoms with van der Waals surface area (Å²) >= 11 is 4.86. The first-order valence-electron chi connectivity index (χ1n) is 8.60. The molecule has 0 aromatic heterocycles. The number of fused-ring (bicyclic) bond motifs is 1. The number of anilines is 1. The standard InChI is InChI=1S/C17H21BrN2O5S2/c1-4-24-14-7-11(6-12(18)16(14)25-5-2)20-13-8-27(22,23)9-15(13)26-17(20)19-10(3)21/h6-7,13,15H,4-5,8-9H2,1-3H3/t13-,15-/m1/s1. The van der Waals surface area contributed by atoms with Crippen LogP contribution in [0.25, 0.3) is 0 Å². The number of carbonyl (C=O) groups excluding carboxylic acids is 1. The largest absolute Gasteiger partial charge is 0.490 e. The fourth-order valence-electron chi connectivity index (χ4n) is 3.24. The van der Waals surface area contributed by atoms with Gasteiger partial charge in [0.1, 0.15) is 0 Å². The lowest BCUT2D eigenvalue weighted by molar-refractivity contribution is -0.115. The summed E-state index contributed by atoms with van der Waals surface area (Å²) < 4.78 is 36.3. The molecule has 2 aliphatic heterocycles. The number of benzene rings is 1. The Kier molecular flexibility index (Phi) is 6.07. The molecule has 0 spiro atoms. The number of amidine groups is 1. The minimum absolute atomic E-state index is 0.0381. The third-order valence-corrected chi connectivity index (χ3v) is 7.98. The summed E-state index contributed by atoms with van der Waals surface area (Å²) in [5.41, 5.74) is 0.714. The van der Waals surface area contributed by atoms with Gasteiger partial charge in [-0.25, -0.2) is 8.42 Å². The molecule has 1 aromatic rings. The Labute approximate surface area is 171 Å². The maximum absolute atomic E-state index is 12.1. The van der Waals surface area contributed by atoms with Gasteiger partial charge < -0.3 is 14.4 Å². The third-order valence-electron chi connectivity index (χ3n) is 4.18. The van der Waals surface area contributed by atoms with Gasteiger partial charge in [0.05, 0.1) is 35.2 Å². The number of hydrogen-bond donors (Lipinski definition) is 0. The summed E-state index contributed by atoms with van der Waals surface area (Å²) in [6.07, 6.45) is 0. The molecule has 0 saturated carbocycles. The van der Waals surface area contributed by atoms with Gasteiger partial charge in [-0.05, 0) is 35.8 Å². The van der Waals surface area contributed by atoms with Gasteiger partial charge in [0, 0.05) is 23.9 Å². The number of carbonyl (C=O) groups is 1. The van der Waals surface area contributed by atoms with E-state index in [1.54, 1.807) is 0 Å². The molecule has 0 bridgehead atoms. The van der Waals surface area contributed by atoms with Gasteiger partial charge in [0.25, 0.3) is 0 Å². The number of aliphatic imine (C=N–C) groups is 1. The van der Waals surface area contributed by atoms with E-state index in [0.29, 0.717) is 40.0 Å². The molecule has 2 fully saturated rings. The van der Waals surface area contributed by atoms with Crippen molar-refractivity contribution in [1.82, 2.24) is 0 Å². The predicted octanol–water partition coefficient (Wildman–Crippen LogP) is 2.87. The summed E-state index contributed by atoms with van der Waals surface area (Å²) in [5.74, 6) is 0.957. The van der Waals surface area contributed by atoms with E-state index in [0.717, 1.165) is 0 Å². The number of sulfone groups is 1. The van der Waals surface area contributed by atoms with Crippen LogP contribution in [0.2, 0.25) is 0 Å². The first kappa shape index (κ1) is 20.5. The highest BCUT2D eigenvalue weighted by Crippen LogP contribution is 2.45. The molecule has 148 valence electrons. The molecule has 2 aliphatic rings. The molecule has 2 saturated heterocycles. The number of rotatable bonds is 5. The summed E-state index contributed by atoms with van der Waals surface area (Å²) in [7, 11) is -3.12. The molecule has 2 heterocycles. The maximum Gasteiger partial charge on any atom is 0.244 e. The van der Waals surface area contributed by atoms with Gasteiger partial charge in [-0.2, -0.15) is 4.99 Å².